The van der Waals surface area contributed by atoms with Gasteiger partial charge in [0.25, 0.3) is 5.91 Å². The largest absolute Gasteiger partial charge is 0.467 e. The number of anilines is 2. The van der Waals surface area contributed by atoms with Crippen LogP contribution in [0.25, 0.3) is 0 Å². The molecule has 5 nitrogen and oxygen atoms in total. The van der Waals surface area contributed by atoms with Crippen molar-refractivity contribution in [2.45, 2.75) is 29.3 Å². The average molecular weight is 408 g/mol. The molecule has 1 aromatic heterocycles. The molecule has 0 spiro atoms. The van der Waals surface area contributed by atoms with Gasteiger partial charge in [-0.2, -0.15) is 0 Å². The highest BCUT2D eigenvalue weighted by atomic mass is 32.2. The second kappa shape index (κ2) is 8.35. The maximum absolute atomic E-state index is 12.7. The van der Waals surface area contributed by atoms with Crippen LogP contribution in [0.4, 0.5) is 11.4 Å². The molecule has 4 rings (SSSR count). The molecule has 1 aliphatic rings. The van der Waals surface area contributed by atoms with Gasteiger partial charge in [0.1, 0.15) is 5.76 Å². The summed E-state index contributed by atoms with van der Waals surface area (Å²) in [7, 11) is 4.17. The van der Waals surface area contributed by atoms with E-state index >= 15 is 0 Å². The van der Waals surface area contributed by atoms with Gasteiger partial charge in [-0.25, -0.2) is 0 Å². The number of hydrogen-bond donors (Lipinski definition) is 1. The third-order valence-corrected chi connectivity index (χ3v) is 6.03. The Kier molecular flexibility index (Phi) is 5.65. The van der Waals surface area contributed by atoms with Crippen LogP contribution in [0.1, 0.15) is 23.0 Å². The van der Waals surface area contributed by atoms with Crippen molar-refractivity contribution in [1.82, 2.24) is 10.2 Å². The number of rotatable bonds is 6. The lowest BCUT2D eigenvalue weighted by atomic mass is 10.1. The van der Waals surface area contributed by atoms with E-state index in [2.05, 4.69) is 60.4 Å². The van der Waals surface area contributed by atoms with Crippen molar-refractivity contribution in [1.29, 1.82) is 0 Å². The number of amides is 1. The second-order valence-electron chi connectivity index (χ2n) is 7.50. The lowest BCUT2D eigenvalue weighted by Crippen LogP contribution is -2.38. The molecule has 0 saturated heterocycles. The molecule has 0 unspecified atom stereocenters. The normalized spacial score (nSPS) is 13.7. The van der Waals surface area contributed by atoms with E-state index < -0.39 is 0 Å². The van der Waals surface area contributed by atoms with Gasteiger partial charge in [0.2, 0.25) is 0 Å². The molecule has 0 aliphatic carbocycles. The minimum absolute atomic E-state index is 0.103. The van der Waals surface area contributed by atoms with Crippen LogP contribution in [0.2, 0.25) is 0 Å². The molecule has 0 fully saturated rings. The number of benzene rings is 2. The first-order valence-electron chi connectivity index (χ1n) is 9.68. The van der Waals surface area contributed by atoms with Crippen molar-refractivity contribution in [2.24, 2.45) is 0 Å². The maximum Gasteiger partial charge on any atom is 0.251 e. The Morgan fingerprint density at radius 2 is 1.90 bits per heavy atom. The van der Waals surface area contributed by atoms with Gasteiger partial charge in [0.15, 0.2) is 0 Å². The van der Waals surface area contributed by atoms with Crippen molar-refractivity contribution in [3.63, 3.8) is 0 Å². The van der Waals surface area contributed by atoms with Crippen molar-refractivity contribution in [3.8, 4) is 0 Å². The summed E-state index contributed by atoms with van der Waals surface area (Å²) in [5, 5.41) is 2.94. The Bertz CT molecular complexity index is 1000. The van der Waals surface area contributed by atoms with E-state index in [-0.39, 0.29) is 11.9 Å². The van der Waals surface area contributed by atoms with Gasteiger partial charge in [-0.1, -0.05) is 23.9 Å². The molecule has 2 aromatic carbocycles. The summed E-state index contributed by atoms with van der Waals surface area (Å²) in [6.07, 6.45) is 1.61. The number of fused-ring (bicyclic) bond motifs is 2. The molecule has 3 aromatic rings. The van der Waals surface area contributed by atoms with E-state index in [0.717, 1.165) is 22.9 Å². The van der Waals surface area contributed by atoms with Crippen molar-refractivity contribution < 1.29 is 9.21 Å². The SMILES string of the molecule is C[C@H](CN(C)C)N1c2ccccc2Sc2ccc(C(=O)NCc3ccco3)cc21. The number of hydrogen-bond acceptors (Lipinski definition) is 5. The minimum atomic E-state index is -0.103. The maximum atomic E-state index is 12.7. The third kappa shape index (κ3) is 4.18. The lowest BCUT2D eigenvalue weighted by molar-refractivity contribution is 0.0948. The summed E-state index contributed by atoms with van der Waals surface area (Å²) < 4.78 is 5.30. The minimum Gasteiger partial charge on any atom is -0.467 e. The van der Waals surface area contributed by atoms with Crippen molar-refractivity contribution in [3.05, 3.63) is 72.2 Å². The molecule has 0 radical (unpaired) electrons. The van der Waals surface area contributed by atoms with Crippen LogP contribution in [0.15, 0.2) is 75.1 Å². The predicted octanol–water partition coefficient (Wildman–Crippen LogP) is 4.76. The molecular formula is C23H25N3O2S. The fraction of sp³-hybridized carbons (Fsp3) is 0.261. The van der Waals surface area contributed by atoms with Gasteiger partial charge >= 0.3 is 0 Å². The summed E-state index contributed by atoms with van der Waals surface area (Å²) >= 11 is 1.75. The Morgan fingerprint density at radius 3 is 2.66 bits per heavy atom. The Labute approximate surface area is 175 Å². The number of nitrogens with one attached hydrogen (secondary N) is 1. The Hall–Kier alpha value is -2.70. The fourth-order valence-corrected chi connectivity index (χ4v) is 4.74. The number of para-hydroxylation sites is 1. The zero-order valence-corrected chi connectivity index (χ0v) is 17.7. The van der Waals surface area contributed by atoms with E-state index in [4.69, 9.17) is 4.42 Å². The molecule has 6 heteroatoms. The monoisotopic (exact) mass is 407 g/mol. The third-order valence-electron chi connectivity index (χ3n) is 4.90. The number of carbonyl (C=O) groups excluding carboxylic acids is 1. The van der Waals surface area contributed by atoms with Crippen LogP contribution in [0, 0.1) is 0 Å². The van der Waals surface area contributed by atoms with Crippen LogP contribution in [-0.2, 0) is 6.54 Å². The molecule has 29 heavy (non-hydrogen) atoms. The molecular weight excluding hydrogens is 382 g/mol. The average Bonchev–Trinajstić information content (AvgIpc) is 3.22. The van der Waals surface area contributed by atoms with Crippen LogP contribution < -0.4 is 10.2 Å². The summed E-state index contributed by atoms with van der Waals surface area (Å²) in [5.41, 5.74) is 2.92. The van der Waals surface area contributed by atoms with E-state index in [0.29, 0.717) is 12.1 Å². The first-order valence-corrected chi connectivity index (χ1v) is 10.5. The van der Waals surface area contributed by atoms with Crippen LogP contribution >= 0.6 is 11.8 Å². The zero-order valence-electron chi connectivity index (χ0n) is 16.9. The van der Waals surface area contributed by atoms with E-state index in [9.17, 15) is 4.79 Å². The molecule has 1 N–H and O–H groups in total. The molecule has 0 saturated carbocycles. The summed E-state index contributed by atoms with van der Waals surface area (Å²) in [6, 6.07) is 18.3. The molecule has 1 aliphatic heterocycles. The fourth-order valence-electron chi connectivity index (χ4n) is 3.69. The first kappa shape index (κ1) is 19.6. The zero-order chi connectivity index (χ0) is 20.4. The Morgan fingerprint density at radius 1 is 1.10 bits per heavy atom. The van der Waals surface area contributed by atoms with Gasteiger partial charge in [0.05, 0.1) is 24.2 Å². The van der Waals surface area contributed by atoms with Crippen molar-refractivity contribution >= 4 is 29.0 Å². The standard InChI is InChI=1S/C23H25N3O2S/c1-16(15-25(2)3)26-19-8-4-5-9-21(19)29-22-11-10-17(13-20(22)26)23(27)24-14-18-7-6-12-28-18/h4-13,16H,14-15H2,1-3H3,(H,24,27)/t16-/m1/s1. The van der Waals surface area contributed by atoms with E-state index in [1.807, 2.05) is 30.3 Å². The number of carbonyl (C=O) groups is 1. The summed E-state index contributed by atoms with van der Waals surface area (Å²) in [5.74, 6) is 0.635. The lowest BCUT2D eigenvalue weighted by Gasteiger charge is -2.38. The van der Waals surface area contributed by atoms with Gasteiger partial charge < -0.3 is 19.5 Å². The van der Waals surface area contributed by atoms with Gasteiger partial charge in [0, 0.05) is 27.9 Å². The second-order valence-corrected chi connectivity index (χ2v) is 8.58. The summed E-state index contributed by atoms with van der Waals surface area (Å²) in [6.45, 7) is 3.51. The van der Waals surface area contributed by atoms with Gasteiger partial charge in [-0.3, -0.25) is 4.79 Å². The van der Waals surface area contributed by atoms with Gasteiger partial charge in [-0.05, 0) is 63.5 Å². The molecule has 0 bridgehead atoms. The highest BCUT2D eigenvalue weighted by molar-refractivity contribution is 7.99. The predicted molar refractivity (Wildman–Crippen MR) is 117 cm³/mol. The number of likely N-dealkylation sites (N-methyl/N-ethyl adjacent to an activating group) is 1. The van der Waals surface area contributed by atoms with E-state index in [1.165, 1.54) is 10.6 Å². The van der Waals surface area contributed by atoms with Crippen molar-refractivity contribution in [2.75, 3.05) is 25.5 Å². The van der Waals surface area contributed by atoms with Gasteiger partial charge in [-0.15, -0.1) is 0 Å². The summed E-state index contributed by atoms with van der Waals surface area (Å²) in [4.78, 5) is 19.7. The van der Waals surface area contributed by atoms with E-state index in [1.54, 1.807) is 18.0 Å². The molecule has 150 valence electrons. The molecule has 1 amide bonds. The highest BCUT2D eigenvalue weighted by Gasteiger charge is 2.28. The Balaban J connectivity index is 1.65. The smallest absolute Gasteiger partial charge is 0.251 e. The molecule has 1 atom stereocenters. The first-order chi connectivity index (χ1) is 14.0. The number of nitrogens with zero attached hydrogens (tertiary/aromatic N) is 2. The quantitative estimate of drug-likeness (QED) is 0.638. The number of furan rings is 1. The van der Waals surface area contributed by atoms with Crippen LogP contribution in [0.5, 0.6) is 0 Å². The van der Waals surface area contributed by atoms with Crippen LogP contribution in [0.3, 0.4) is 0 Å². The molecule has 2 heterocycles. The van der Waals surface area contributed by atoms with Crippen LogP contribution in [-0.4, -0.2) is 37.5 Å². The highest BCUT2D eigenvalue weighted by Crippen LogP contribution is 2.49. The topological polar surface area (TPSA) is 48.7 Å².